The average molecular weight is 563 g/mol. The smallest absolute Gasteiger partial charge is 0.252 e. The summed E-state index contributed by atoms with van der Waals surface area (Å²) in [7, 11) is -4.22. The van der Waals surface area contributed by atoms with Gasteiger partial charge in [-0.15, -0.1) is 0 Å². The number of hydrogen-bond donors (Lipinski definition) is 0. The van der Waals surface area contributed by atoms with Crippen molar-refractivity contribution in [3.63, 3.8) is 0 Å². The lowest BCUT2D eigenvalue weighted by Crippen LogP contribution is -2.45. The molecule has 0 spiro atoms. The Morgan fingerprint density at radius 1 is 0.900 bits per heavy atom. The predicted octanol–water partition coefficient (Wildman–Crippen LogP) is 5.30. The molecule has 210 valence electrons. The molecule has 3 aromatic carbocycles. The molecule has 0 aromatic heterocycles. The van der Waals surface area contributed by atoms with Crippen LogP contribution in [-0.4, -0.2) is 37.4 Å². The number of amides is 2. The Morgan fingerprint density at radius 2 is 1.52 bits per heavy atom. The number of nitrogens with zero attached hydrogens (tertiary/aromatic N) is 2. The maximum absolute atomic E-state index is 14.5. The number of benzene rings is 3. The van der Waals surface area contributed by atoms with Crippen LogP contribution in [0.4, 0.5) is 5.69 Å². The van der Waals surface area contributed by atoms with Gasteiger partial charge in [-0.3, -0.25) is 9.59 Å². The van der Waals surface area contributed by atoms with E-state index in [1.165, 1.54) is 4.31 Å². The lowest BCUT2D eigenvalue weighted by molar-refractivity contribution is -0.122. The number of imide groups is 1. The van der Waals surface area contributed by atoms with Gasteiger partial charge in [0.2, 0.25) is 22.7 Å². The summed E-state index contributed by atoms with van der Waals surface area (Å²) in [5.41, 5.74) is 5.05. The second kappa shape index (κ2) is 10.4. The Hall–Kier alpha value is -3.69. The van der Waals surface area contributed by atoms with Crippen molar-refractivity contribution >= 4 is 27.5 Å². The van der Waals surface area contributed by atoms with Gasteiger partial charge < -0.3 is 9.47 Å². The number of rotatable bonds is 7. The van der Waals surface area contributed by atoms with E-state index in [2.05, 4.69) is 13.8 Å². The van der Waals surface area contributed by atoms with Crippen LogP contribution in [0.3, 0.4) is 0 Å². The van der Waals surface area contributed by atoms with Crippen LogP contribution in [0.5, 0.6) is 11.5 Å². The van der Waals surface area contributed by atoms with Crippen LogP contribution < -0.4 is 14.4 Å². The monoisotopic (exact) mass is 562 g/mol. The molecule has 2 aliphatic rings. The topological polar surface area (TPSA) is 93.2 Å². The van der Waals surface area contributed by atoms with E-state index >= 15 is 0 Å². The molecule has 2 heterocycles. The molecule has 0 radical (unpaired) electrons. The first-order chi connectivity index (χ1) is 18.9. The molecule has 5 rings (SSSR count). The van der Waals surface area contributed by atoms with E-state index in [0.717, 1.165) is 21.6 Å². The van der Waals surface area contributed by atoms with Crippen molar-refractivity contribution in [1.29, 1.82) is 0 Å². The highest BCUT2D eigenvalue weighted by Gasteiger charge is 2.47. The molecule has 0 bridgehead atoms. The van der Waals surface area contributed by atoms with Crippen LogP contribution >= 0.6 is 0 Å². The molecule has 9 heteroatoms. The van der Waals surface area contributed by atoms with Gasteiger partial charge in [-0.2, -0.15) is 4.31 Å². The first-order valence-electron chi connectivity index (χ1n) is 13.3. The van der Waals surface area contributed by atoms with Gasteiger partial charge in [0.15, 0.2) is 11.5 Å². The van der Waals surface area contributed by atoms with E-state index in [4.69, 9.17) is 9.47 Å². The molecule has 2 aliphatic heterocycles. The summed E-state index contributed by atoms with van der Waals surface area (Å²) in [6, 6.07) is 13.2. The van der Waals surface area contributed by atoms with Crippen molar-refractivity contribution in [2.24, 2.45) is 0 Å². The highest BCUT2D eigenvalue weighted by Crippen LogP contribution is 2.37. The van der Waals surface area contributed by atoms with Crippen LogP contribution in [0, 0.1) is 27.7 Å². The van der Waals surface area contributed by atoms with Gasteiger partial charge in [0, 0.05) is 6.54 Å². The fraction of sp³-hybridized carbons (Fsp3) is 0.355. The molecule has 0 saturated carbocycles. The first-order valence-corrected chi connectivity index (χ1v) is 14.8. The van der Waals surface area contributed by atoms with E-state index in [1.807, 2.05) is 32.0 Å². The number of sulfonamides is 1. The predicted molar refractivity (Wildman–Crippen MR) is 152 cm³/mol. The highest BCUT2D eigenvalue weighted by atomic mass is 32.2. The zero-order valence-corrected chi connectivity index (χ0v) is 24.5. The molecule has 0 N–H and O–H groups in total. The maximum atomic E-state index is 14.5. The lowest BCUT2D eigenvalue weighted by Gasteiger charge is -2.29. The van der Waals surface area contributed by atoms with E-state index in [-0.39, 0.29) is 24.7 Å². The highest BCUT2D eigenvalue weighted by molar-refractivity contribution is 7.89. The molecule has 0 aliphatic carbocycles. The van der Waals surface area contributed by atoms with Crippen LogP contribution in [0.1, 0.15) is 59.6 Å². The van der Waals surface area contributed by atoms with E-state index in [0.29, 0.717) is 39.8 Å². The van der Waals surface area contributed by atoms with Crippen LogP contribution in [0.2, 0.25) is 0 Å². The quantitative estimate of drug-likeness (QED) is 0.363. The summed E-state index contributed by atoms with van der Waals surface area (Å²) < 4.78 is 41.1. The maximum Gasteiger partial charge on any atom is 0.252 e. The molecular weight excluding hydrogens is 528 g/mol. The molecule has 1 unspecified atom stereocenters. The zero-order valence-electron chi connectivity index (χ0n) is 23.6. The normalized spacial score (nSPS) is 17.0. The van der Waals surface area contributed by atoms with Gasteiger partial charge >= 0.3 is 0 Å². The minimum atomic E-state index is -4.22. The van der Waals surface area contributed by atoms with Crippen LogP contribution in [0.15, 0.2) is 53.4 Å². The van der Waals surface area contributed by atoms with Crippen LogP contribution in [0.25, 0.3) is 0 Å². The van der Waals surface area contributed by atoms with Gasteiger partial charge in [-0.05, 0) is 91.3 Å². The third-order valence-corrected chi connectivity index (χ3v) is 10.1. The fourth-order valence-electron chi connectivity index (χ4n) is 5.39. The van der Waals surface area contributed by atoms with Gasteiger partial charge in [0.25, 0.3) is 5.91 Å². The molecule has 1 saturated heterocycles. The summed E-state index contributed by atoms with van der Waals surface area (Å²) in [6.07, 6.45) is -0.253. The second-order valence-electron chi connectivity index (χ2n) is 10.9. The summed E-state index contributed by atoms with van der Waals surface area (Å²) in [5.74, 6) is 0.369. The number of fused-ring (bicyclic) bond motifs is 1. The van der Waals surface area contributed by atoms with Crippen molar-refractivity contribution in [2.75, 3.05) is 11.7 Å². The average Bonchev–Trinajstić information content (AvgIpc) is 3.49. The van der Waals surface area contributed by atoms with E-state index in [9.17, 15) is 18.0 Å². The Kier molecular flexibility index (Phi) is 7.22. The zero-order chi connectivity index (χ0) is 28.9. The van der Waals surface area contributed by atoms with Gasteiger partial charge in [-0.25, -0.2) is 13.3 Å². The van der Waals surface area contributed by atoms with E-state index in [1.54, 1.807) is 44.2 Å². The molecule has 2 amide bonds. The third kappa shape index (κ3) is 4.77. The van der Waals surface area contributed by atoms with Crippen molar-refractivity contribution in [1.82, 2.24) is 4.31 Å². The summed E-state index contributed by atoms with van der Waals surface area (Å²) in [5, 5.41) is 0. The largest absolute Gasteiger partial charge is 0.454 e. The summed E-state index contributed by atoms with van der Waals surface area (Å²) in [4.78, 5) is 28.4. The molecule has 1 atom stereocenters. The van der Waals surface area contributed by atoms with E-state index < -0.39 is 27.9 Å². The number of anilines is 1. The minimum Gasteiger partial charge on any atom is -0.454 e. The molecule has 3 aromatic rings. The number of carbonyl (C=O) groups is 2. The Balaban J connectivity index is 1.59. The number of hydrogen-bond acceptors (Lipinski definition) is 6. The fourth-order valence-corrected chi connectivity index (χ4v) is 7.54. The lowest BCUT2D eigenvalue weighted by atomic mass is 10.0. The number of carbonyl (C=O) groups excluding carboxylic acids is 2. The van der Waals surface area contributed by atoms with Gasteiger partial charge in [0.05, 0.1) is 17.0 Å². The number of aryl methyl sites for hydroxylation is 2. The number of ether oxygens (including phenoxy) is 2. The first kappa shape index (κ1) is 27.9. The molecular formula is C31H34N2O6S. The standard InChI is InChI=1S/C31H34N2O6S/c1-18(2)24-8-10-25(11-9-24)33-29(34)15-26(31(33)35)32(16-23-7-12-27-28(14-23)39-17-38-27)40(36,37)30-21(5)19(3)13-20(4)22(30)6/h7-14,18,26H,15-17H2,1-6H3. The SMILES string of the molecule is Cc1cc(C)c(C)c(S(=O)(=O)N(Cc2ccc3c(c2)OCO3)C2CC(=O)N(c3ccc(C(C)C)cc3)C2=O)c1C. The molecule has 1 fully saturated rings. The van der Waals surface area contributed by atoms with Gasteiger partial charge in [-0.1, -0.05) is 38.1 Å². The van der Waals surface area contributed by atoms with Crippen LogP contribution in [-0.2, 0) is 26.2 Å². The minimum absolute atomic E-state index is 0.0852. The molecule has 8 nitrogen and oxygen atoms in total. The van der Waals surface area contributed by atoms with Crippen molar-refractivity contribution in [2.45, 2.75) is 71.4 Å². The van der Waals surface area contributed by atoms with Gasteiger partial charge in [0.1, 0.15) is 6.04 Å². The summed E-state index contributed by atoms with van der Waals surface area (Å²) in [6.45, 7) is 11.4. The van der Waals surface area contributed by atoms with Crippen molar-refractivity contribution < 1.29 is 27.5 Å². The van der Waals surface area contributed by atoms with Crippen molar-refractivity contribution in [3.05, 3.63) is 81.9 Å². The third-order valence-electron chi connectivity index (χ3n) is 7.93. The van der Waals surface area contributed by atoms with Crippen molar-refractivity contribution in [3.8, 4) is 11.5 Å². The molecule has 40 heavy (non-hydrogen) atoms. The Morgan fingerprint density at radius 3 is 2.15 bits per heavy atom. The Bertz CT molecular complexity index is 1590. The Labute approximate surface area is 235 Å². The second-order valence-corrected chi connectivity index (χ2v) is 12.7. The summed E-state index contributed by atoms with van der Waals surface area (Å²) >= 11 is 0.